The van der Waals surface area contributed by atoms with Gasteiger partial charge < -0.3 is 10.3 Å². The molecule has 0 saturated heterocycles. The van der Waals surface area contributed by atoms with Crippen LogP contribution in [-0.4, -0.2) is 22.1 Å². The summed E-state index contributed by atoms with van der Waals surface area (Å²) in [7, 11) is 0. The number of rotatable bonds is 0. The van der Waals surface area contributed by atoms with Crippen molar-refractivity contribution in [1.29, 1.82) is 0 Å². The van der Waals surface area contributed by atoms with Crippen LogP contribution in [-0.2, 0) is 0 Å². The van der Waals surface area contributed by atoms with Crippen molar-refractivity contribution < 1.29 is 10.3 Å². The zero-order valence-electron chi connectivity index (χ0n) is 14.1. The van der Waals surface area contributed by atoms with E-state index in [9.17, 15) is 5.11 Å². The summed E-state index contributed by atoms with van der Waals surface area (Å²) in [6.45, 7) is 4.88. The molecule has 3 heteroatoms. The first-order chi connectivity index (χ1) is 10.5. The topological polar surface area (TPSA) is 52.8 Å². The van der Waals surface area contributed by atoms with Crippen LogP contribution in [0, 0.1) is 34.5 Å². The highest BCUT2D eigenvalue weighted by Gasteiger charge is 2.59. The van der Waals surface area contributed by atoms with Crippen LogP contribution in [0.5, 0.6) is 0 Å². The third-order valence-corrected chi connectivity index (χ3v) is 8.59. The first-order valence-electron chi connectivity index (χ1n) is 9.37. The molecule has 124 valence electrons. The zero-order chi connectivity index (χ0) is 15.5. The van der Waals surface area contributed by atoms with Crippen molar-refractivity contribution >= 4 is 5.71 Å². The Labute approximate surface area is 134 Å². The molecule has 4 rings (SSSR count). The van der Waals surface area contributed by atoms with Crippen LogP contribution in [0.3, 0.4) is 0 Å². The van der Waals surface area contributed by atoms with E-state index in [2.05, 4.69) is 19.0 Å². The van der Waals surface area contributed by atoms with E-state index in [-0.39, 0.29) is 11.5 Å². The normalized spacial score (nSPS) is 56.3. The summed E-state index contributed by atoms with van der Waals surface area (Å²) in [5, 5.41) is 23.2. The lowest BCUT2D eigenvalue weighted by molar-refractivity contribution is -0.112. The lowest BCUT2D eigenvalue weighted by Gasteiger charge is -2.60. The molecule has 0 radical (unpaired) electrons. The molecule has 2 N–H and O–H groups in total. The molecule has 0 heterocycles. The minimum absolute atomic E-state index is 0.0662. The quantitative estimate of drug-likeness (QED) is 0.520. The first kappa shape index (κ1) is 15.0. The van der Waals surface area contributed by atoms with Gasteiger partial charge in [0.05, 0.1) is 11.8 Å². The van der Waals surface area contributed by atoms with Gasteiger partial charge in [-0.3, -0.25) is 0 Å². The fourth-order valence-electron chi connectivity index (χ4n) is 7.12. The monoisotopic (exact) mass is 305 g/mol. The second-order valence-electron chi connectivity index (χ2n) is 9.16. The molecule has 4 fully saturated rings. The van der Waals surface area contributed by atoms with Crippen LogP contribution in [0.4, 0.5) is 0 Å². The van der Waals surface area contributed by atoms with Gasteiger partial charge >= 0.3 is 0 Å². The minimum Gasteiger partial charge on any atom is -0.411 e. The third kappa shape index (κ3) is 1.87. The van der Waals surface area contributed by atoms with E-state index in [0.29, 0.717) is 11.3 Å². The molecule has 22 heavy (non-hydrogen) atoms. The van der Waals surface area contributed by atoms with Gasteiger partial charge in [-0.15, -0.1) is 0 Å². The van der Waals surface area contributed by atoms with Crippen LogP contribution in [0.1, 0.15) is 71.6 Å². The summed E-state index contributed by atoms with van der Waals surface area (Å²) < 4.78 is 0. The number of aliphatic hydroxyl groups is 1. The molecule has 0 aromatic heterocycles. The number of hydrogen-bond donors (Lipinski definition) is 2. The number of nitrogens with zero attached hydrogens (tertiary/aromatic N) is 1. The van der Waals surface area contributed by atoms with E-state index in [0.717, 1.165) is 42.7 Å². The highest BCUT2D eigenvalue weighted by Crippen LogP contribution is 2.65. The van der Waals surface area contributed by atoms with Gasteiger partial charge in [0, 0.05) is 0 Å². The number of fused-ring (bicyclic) bond motifs is 5. The Hall–Kier alpha value is -0.570. The Balaban J connectivity index is 1.62. The van der Waals surface area contributed by atoms with Crippen LogP contribution in [0.25, 0.3) is 0 Å². The molecule has 0 aliphatic heterocycles. The van der Waals surface area contributed by atoms with Crippen LogP contribution >= 0.6 is 0 Å². The Bertz CT molecular complexity index is 490. The predicted octanol–water partition coefficient (Wildman–Crippen LogP) is 4.22. The Morgan fingerprint density at radius 1 is 0.955 bits per heavy atom. The van der Waals surface area contributed by atoms with Crippen molar-refractivity contribution in [3.63, 3.8) is 0 Å². The van der Waals surface area contributed by atoms with E-state index in [1.165, 1.54) is 38.5 Å². The molecule has 0 aromatic rings. The van der Waals surface area contributed by atoms with Gasteiger partial charge in [-0.2, -0.15) is 0 Å². The van der Waals surface area contributed by atoms with Gasteiger partial charge in [0.15, 0.2) is 0 Å². The molecule has 4 saturated carbocycles. The second-order valence-corrected chi connectivity index (χ2v) is 9.16. The van der Waals surface area contributed by atoms with Crippen molar-refractivity contribution in [3.8, 4) is 0 Å². The highest BCUT2D eigenvalue weighted by molar-refractivity contribution is 5.85. The van der Waals surface area contributed by atoms with Gasteiger partial charge in [0.1, 0.15) is 0 Å². The van der Waals surface area contributed by atoms with Crippen molar-refractivity contribution in [2.45, 2.75) is 77.7 Å². The van der Waals surface area contributed by atoms with E-state index in [1.807, 2.05) is 0 Å². The Morgan fingerprint density at radius 3 is 2.50 bits per heavy atom. The molecule has 0 amide bonds. The summed E-state index contributed by atoms with van der Waals surface area (Å²) >= 11 is 0. The fraction of sp³-hybridized carbons (Fsp3) is 0.947. The van der Waals surface area contributed by atoms with E-state index in [4.69, 9.17) is 5.21 Å². The lowest BCUT2D eigenvalue weighted by atomic mass is 9.45. The van der Waals surface area contributed by atoms with Gasteiger partial charge in [0.2, 0.25) is 0 Å². The predicted molar refractivity (Wildman–Crippen MR) is 87.0 cm³/mol. The molecular weight excluding hydrogens is 274 g/mol. The van der Waals surface area contributed by atoms with Crippen molar-refractivity contribution in [2.24, 2.45) is 39.7 Å². The first-order valence-corrected chi connectivity index (χ1v) is 9.37. The van der Waals surface area contributed by atoms with Gasteiger partial charge in [-0.05, 0) is 92.3 Å². The van der Waals surface area contributed by atoms with Gasteiger partial charge in [0.25, 0.3) is 0 Å². The Kier molecular flexibility index (Phi) is 3.38. The number of hydrogen-bond acceptors (Lipinski definition) is 3. The van der Waals surface area contributed by atoms with Crippen molar-refractivity contribution in [2.75, 3.05) is 0 Å². The Morgan fingerprint density at radius 2 is 1.73 bits per heavy atom. The zero-order valence-corrected chi connectivity index (χ0v) is 14.1. The standard InChI is InChI=1S/C19H31NO2/c1-18-9-7-13(20-22)11-12(18)3-4-14-15-5-6-17(21)19(15,2)10-8-16(14)18/h12,14-17,21-22H,3-11H2,1-2H3/t12-,14+,15+,16+,17-,18-,19+/m0/s1. The summed E-state index contributed by atoms with van der Waals surface area (Å²) in [6, 6.07) is 0. The summed E-state index contributed by atoms with van der Waals surface area (Å²) in [6.07, 6.45) is 10.5. The number of oxime groups is 1. The van der Waals surface area contributed by atoms with Crippen molar-refractivity contribution in [3.05, 3.63) is 0 Å². The third-order valence-electron chi connectivity index (χ3n) is 8.59. The maximum absolute atomic E-state index is 10.5. The second kappa shape index (κ2) is 4.96. The molecular formula is C19H31NO2. The largest absolute Gasteiger partial charge is 0.411 e. The van der Waals surface area contributed by atoms with E-state index < -0.39 is 0 Å². The summed E-state index contributed by atoms with van der Waals surface area (Å²) in [5.74, 6) is 3.11. The van der Waals surface area contributed by atoms with Crippen LogP contribution in [0.15, 0.2) is 5.16 Å². The average molecular weight is 305 g/mol. The fourth-order valence-corrected chi connectivity index (χ4v) is 7.12. The molecule has 0 aromatic carbocycles. The molecule has 3 nitrogen and oxygen atoms in total. The maximum atomic E-state index is 10.5. The minimum atomic E-state index is -0.0662. The molecule has 0 spiro atoms. The lowest BCUT2D eigenvalue weighted by Crippen LogP contribution is -2.54. The average Bonchev–Trinajstić information content (AvgIpc) is 2.82. The smallest absolute Gasteiger partial charge is 0.0596 e. The maximum Gasteiger partial charge on any atom is 0.0596 e. The van der Waals surface area contributed by atoms with E-state index >= 15 is 0 Å². The van der Waals surface area contributed by atoms with Gasteiger partial charge in [-0.1, -0.05) is 19.0 Å². The van der Waals surface area contributed by atoms with Crippen LogP contribution in [0.2, 0.25) is 0 Å². The van der Waals surface area contributed by atoms with Crippen LogP contribution < -0.4 is 0 Å². The SMILES string of the molecule is C[C@]12CCC(=NO)C[C@@H]1CC[C@H]1[C@H]2CC[C@]2(C)[C@@H]1CC[C@@H]2O. The van der Waals surface area contributed by atoms with E-state index in [1.54, 1.807) is 0 Å². The van der Waals surface area contributed by atoms with Crippen molar-refractivity contribution in [1.82, 2.24) is 0 Å². The summed E-state index contributed by atoms with van der Waals surface area (Å²) in [4.78, 5) is 0. The molecule has 0 unspecified atom stereocenters. The van der Waals surface area contributed by atoms with Gasteiger partial charge in [-0.25, -0.2) is 0 Å². The molecule has 7 atom stereocenters. The number of aliphatic hydroxyl groups excluding tert-OH is 1. The molecule has 4 aliphatic rings. The molecule has 4 aliphatic carbocycles. The highest BCUT2D eigenvalue weighted by atomic mass is 16.4. The summed E-state index contributed by atoms with van der Waals surface area (Å²) in [5.41, 5.74) is 1.65. The molecule has 0 bridgehead atoms.